The smallest absolute Gasteiger partial charge is 0.391 e. The lowest BCUT2D eigenvalue weighted by Gasteiger charge is -2.10. The first-order chi connectivity index (χ1) is 7.02. The van der Waals surface area contributed by atoms with E-state index in [1.54, 1.807) is 27.1 Å². The molecule has 0 unspecified atom stereocenters. The summed E-state index contributed by atoms with van der Waals surface area (Å²) in [6.45, 7) is 1.71. The molecule has 1 amide bonds. The Balaban J connectivity index is 2.85. The number of carbonyl (C=O) groups is 1. The van der Waals surface area contributed by atoms with E-state index >= 15 is 0 Å². The number of amides is 1. The highest BCUT2D eigenvalue weighted by molar-refractivity contribution is 6.16. The second-order valence-corrected chi connectivity index (χ2v) is 3.41. The van der Waals surface area contributed by atoms with Crippen LogP contribution in [0.5, 0.6) is 5.88 Å². The lowest BCUT2D eigenvalue weighted by Crippen LogP contribution is -2.25. The SMILES string of the molecule is Cc1nc(CCl)cc(OC(=O)N(C)C)n1. The Kier molecular flexibility index (Phi) is 3.85. The molecule has 0 aliphatic carbocycles. The summed E-state index contributed by atoms with van der Waals surface area (Å²) in [6.07, 6.45) is -0.478. The van der Waals surface area contributed by atoms with Crippen molar-refractivity contribution in [1.29, 1.82) is 0 Å². The van der Waals surface area contributed by atoms with E-state index in [1.807, 2.05) is 0 Å². The van der Waals surface area contributed by atoms with Gasteiger partial charge >= 0.3 is 6.09 Å². The van der Waals surface area contributed by atoms with Gasteiger partial charge in [-0.15, -0.1) is 11.6 Å². The van der Waals surface area contributed by atoms with Gasteiger partial charge in [0.05, 0.1) is 11.6 Å². The third kappa shape index (κ3) is 3.36. The van der Waals surface area contributed by atoms with Gasteiger partial charge in [0.2, 0.25) is 5.88 Å². The Labute approximate surface area is 93.0 Å². The summed E-state index contributed by atoms with van der Waals surface area (Å²) in [4.78, 5) is 20.6. The quantitative estimate of drug-likeness (QED) is 0.723. The minimum atomic E-state index is -0.478. The molecule has 0 aromatic carbocycles. The highest BCUT2D eigenvalue weighted by Gasteiger charge is 2.09. The van der Waals surface area contributed by atoms with Crippen LogP contribution in [-0.4, -0.2) is 35.1 Å². The molecule has 0 aliphatic heterocycles. The average Bonchev–Trinajstić information content (AvgIpc) is 2.16. The van der Waals surface area contributed by atoms with Gasteiger partial charge in [-0.2, -0.15) is 4.98 Å². The van der Waals surface area contributed by atoms with E-state index in [4.69, 9.17) is 16.3 Å². The molecule has 6 heteroatoms. The molecular formula is C9H12ClN3O2. The zero-order valence-corrected chi connectivity index (χ0v) is 9.58. The maximum Gasteiger partial charge on any atom is 0.416 e. The highest BCUT2D eigenvalue weighted by Crippen LogP contribution is 2.11. The molecule has 0 aliphatic rings. The van der Waals surface area contributed by atoms with Crippen LogP contribution < -0.4 is 4.74 Å². The number of rotatable bonds is 2. The van der Waals surface area contributed by atoms with Crippen LogP contribution in [0.2, 0.25) is 0 Å². The summed E-state index contributed by atoms with van der Waals surface area (Å²) in [7, 11) is 3.19. The van der Waals surface area contributed by atoms with Crippen LogP contribution >= 0.6 is 11.6 Å². The van der Waals surface area contributed by atoms with Gasteiger partial charge in [0.1, 0.15) is 5.82 Å². The summed E-state index contributed by atoms with van der Waals surface area (Å²) in [5.41, 5.74) is 0.630. The van der Waals surface area contributed by atoms with E-state index in [0.29, 0.717) is 11.5 Å². The number of hydrogen-bond donors (Lipinski definition) is 0. The fourth-order valence-electron chi connectivity index (χ4n) is 0.901. The minimum Gasteiger partial charge on any atom is -0.391 e. The first-order valence-electron chi connectivity index (χ1n) is 4.32. The maximum atomic E-state index is 11.2. The fourth-order valence-corrected chi connectivity index (χ4v) is 1.04. The topological polar surface area (TPSA) is 55.3 Å². The molecule has 1 aromatic heterocycles. The monoisotopic (exact) mass is 229 g/mol. The van der Waals surface area contributed by atoms with Gasteiger partial charge in [-0.05, 0) is 6.92 Å². The van der Waals surface area contributed by atoms with Crippen LogP contribution in [0.1, 0.15) is 11.5 Å². The van der Waals surface area contributed by atoms with Gasteiger partial charge in [0.25, 0.3) is 0 Å². The molecule has 0 N–H and O–H groups in total. The highest BCUT2D eigenvalue weighted by atomic mass is 35.5. The van der Waals surface area contributed by atoms with Crippen molar-refractivity contribution in [2.24, 2.45) is 0 Å². The van der Waals surface area contributed by atoms with Crippen molar-refractivity contribution in [3.05, 3.63) is 17.6 Å². The first kappa shape index (κ1) is 11.7. The summed E-state index contributed by atoms with van der Waals surface area (Å²) in [5, 5.41) is 0. The number of ether oxygens (including phenoxy) is 1. The van der Waals surface area contributed by atoms with Crippen molar-refractivity contribution >= 4 is 17.7 Å². The number of halogens is 1. The normalized spacial score (nSPS) is 9.87. The Hall–Kier alpha value is -1.36. The molecule has 1 heterocycles. The lowest BCUT2D eigenvalue weighted by molar-refractivity contribution is 0.170. The number of aryl methyl sites for hydroxylation is 1. The van der Waals surface area contributed by atoms with Gasteiger partial charge in [0.15, 0.2) is 0 Å². The second kappa shape index (κ2) is 4.93. The minimum absolute atomic E-state index is 0.219. The Morgan fingerprint density at radius 3 is 2.73 bits per heavy atom. The van der Waals surface area contributed by atoms with Crippen LogP contribution in [0, 0.1) is 6.92 Å². The number of nitrogens with zero attached hydrogens (tertiary/aromatic N) is 3. The molecule has 0 spiro atoms. The van der Waals surface area contributed by atoms with Crippen molar-refractivity contribution in [3.8, 4) is 5.88 Å². The molecule has 0 bridgehead atoms. The van der Waals surface area contributed by atoms with Crippen molar-refractivity contribution in [2.45, 2.75) is 12.8 Å². The molecule has 15 heavy (non-hydrogen) atoms. The third-order valence-electron chi connectivity index (χ3n) is 1.56. The predicted octanol–water partition coefficient (Wildman–Crippen LogP) is 1.58. The van der Waals surface area contributed by atoms with E-state index < -0.39 is 6.09 Å². The van der Waals surface area contributed by atoms with Gasteiger partial charge in [0, 0.05) is 20.2 Å². The summed E-state index contributed by atoms with van der Waals surface area (Å²) >= 11 is 5.63. The third-order valence-corrected chi connectivity index (χ3v) is 1.84. The van der Waals surface area contributed by atoms with E-state index in [9.17, 15) is 4.79 Å². The zero-order chi connectivity index (χ0) is 11.4. The van der Waals surface area contributed by atoms with Gasteiger partial charge in [-0.25, -0.2) is 9.78 Å². The molecule has 0 saturated heterocycles. The van der Waals surface area contributed by atoms with Gasteiger partial charge in [-0.1, -0.05) is 0 Å². The van der Waals surface area contributed by atoms with E-state index in [0.717, 1.165) is 0 Å². The van der Waals surface area contributed by atoms with Crippen molar-refractivity contribution in [2.75, 3.05) is 14.1 Å². The zero-order valence-electron chi connectivity index (χ0n) is 8.82. The standard InChI is InChI=1S/C9H12ClN3O2/c1-6-11-7(5-10)4-8(12-6)15-9(14)13(2)3/h4H,5H2,1-3H3. The van der Waals surface area contributed by atoms with E-state index in [2.05, 4.69) is 9.97 Å². The Morgan fingerprint density at radius 1 is 1.53 bits per heavy atom. The molecule has 1 aromatic rings. The van der Waals surface area contributed by atoms with E-state index in [1.165, 1.54) is 4.90 Å². The molecular weight excluding hydrogens is 218 g/mol. The van der Waals surface area contributed by atoms with Crippen LogP contribution in [-0.2, 0) is 5.88 Å². The summed E-state index contributed by atoms with van der Waals surface area (Å²) in [5.74, 6) is 1.00. The lowest BCUT2D eigenvalue weighted by atomic mass is 10.4. The van der Waals surface area contributed by atoms with Crippen molar-refractivity contribution < 1.29 is 9.53 Å². The number of alkyl halides is 1. The Morgan fingerprint density at radius 2 is 2.20 bits per heavy atom. The summed E-state index contributed by atoms with van der Waals surface area (Å²) in [6, 6.07) is 1.54. The molecule has 5 nitrogen and oxygen atoms in total. The predicted molar refractivity (Wildman–Crippen MR) is 56.0 cm³/mol. The summed E-state index contributed by atoms with van der Waals surface area (Å²) < 4.78 is 4.98. The number of hydrogen-bond acceptors (Lipinski definition) is 4. The molecule has 0 atom stereocenters. The molecule has 0 fully saturated rings. The first-order valence-corrected chi connectivity index (χ1v) is 4.86. The van der Waals surface area contributed by atoms with Crippen molar-refractivity contribution in [3.63, 3.8) is 0 Å². The molecule has 1 rings (SSSR count). The van der Waals surface area contributed by atoms with E-state index in [-0.39, 0.29) is 11.8 Å². The Bertz CT molecular complexity index is 368. The van der Waals surface area contributed by atoms with Crippen LogP contribution in [0.3, 0.4) is 0 Å². The van der Waals surface area contributed by atoms with Gasteiger partial charge < -0.3 is 9.64 Å². The molecule has 0 saturated carbocycles. The van der Waals surface area contributed by atoms with Crippen molar-refractivity contribution in [1.82, 2.24) is 14.9 Å². The van der Waals surface area contributed by atoms with Crippen LogP contribution in [0.4, 0.5) is 4.79 Å². The fraction of sp³-hybridized carbons (Fsp3) is 0.444. The molecule has 82 valence electrons. The average molecular weight is 230 g/mol. The number of carbonyl (C=O) groups excluding carboxylic acids is 1. The van der Waals surface area contributed by atoms with Gasteiger partial charge in [-0.3, -0.25) is 0 Å². The van der Waals surface area contributed by atoms with Crippen LogP contribution in [0.25, 0.3) is 0 Å². The number of aromatic nitrogens is 2. The largest absolute Gasteiger partial charge is 0.416 e. The second-order valence-electron chi connectivity index (χ2n) is 3.14. The maximum absolute atomic E-state index is 11.2. The van der Waals surface area contributed by atoms with Crippen LogP contribution in [0.15, 0.2) is 6.07 Å². The molecule has 0 radical (unpaired) electrons.